The van der Waals surface area contributed by atoms with Crippen LogP contribution in [0.1, 0.15) is 19.0 Å². The molecule has 1 aromatic rings. The van der Waals surface area contributed by atoms with Gasteiger partial charge in [0.15, 0.2) is 0 Å². The number of aryl methyl sites for hydroxylation is 1. The van der Waals surface area contributed by atoms with Crippen LogP contribution in [-0.2, 0) is 4.79 Å². The summed E-state index contributed by atoms with van der Waals surface area (Å²) in [6, 6.07) is 1.90. The number of hydrogen-bond donors (Lipinski definition) is 2. The summed E-state index contributed by atoms with van der Waals surface area (Å²) >= 11 is 0. The van der Waals surface area contributed by atoms with E-state index in [0.717, 1.165) is 5.69 Å². The topological polar surface area (TPSA) is 66.9 Å². The fraction of sp³-hybridized carbons (Fsp3) is 0.500. The zero-order valence-electron chi connectivity index (χ0n) is 9.24. The first-order valence-corrected chi connectivity index (χ1v) is 4.87. The number of carbonyl (C=O) groups excluding carboxylic acids is 1. The Kier molecular flexibility index (Phi) is 4.17. The molecule has 2 N–H and O–H groups in total. The smallest absolute Gasteiger partial charge is 0.227 e. The van der Waals surface area contributed by atoms with Crippen LogP contribution in [0.2, 0.25) is 0 Å². The summed E-state index contributed by atoms with van der Waals surface area (Å²) in [6.45, 7) is 3.80. The van der Waals surface area contributed by atoms with Crippen molar-refractivity contribution in [3.05, 3.63) is 18.1 Å². The van der Waals surface area contributed by atoms with E-state index in [2.05, 4.69) is 20.6 Å². The van der Waals surface area contributed by atoms with Gasteiger partial charge in [-0.2, -0.15) is 0 Å². The van der Waals surface area contributed by atoms with Gasteiger partial charge in [-0.05, 0) is 20.9 Å². The lowest BCUT2D eigenvalue weighted by atomic mass is 10.2. The number of nitrogens with zero attached hydrogens (tertiary/aromatic N) is 2. The van der Waals surface area contributed by atoms with Crippen molar-refractivity contribution in [3.8, 4) is 0 Å². The normalized spacial score (nSPS) is 12.2. The van der Waals surface area contributed by atoms with Gasteiger partial charge in [-0.1, -0.05) is 0 Å². The maximum Gasteiger partial charge on any atom is 0.227 e. The van der Waals surface area contributed by atoms with Crippen molar-refractivity contribution < 1.29 is 4.79 Å². The number of hydrogen-bond acceptors (Lipinski definition) is 4. The second-order valence-corrected chi connectivity index (χ2v) is 3.49. The zero-order chi connectivity index (χ0) is 11.3. The van der Waals surface area contributed by atoms with E-state index in [4.69, 9.17) is 0 Å². The van der Waals surface area contributed by atoms with Gasteiger partial charge >= 0.3 is 0 Å². The van der Waals surface area contributed by atoms with Gasteiger partial charge in [0, 0.05) is 24.2 Å². The molecule has 5 heteroatoms. The fourth-order valence-corrected chi connectivity index (χ4v) is 1.10. The minimum absolute atomic E-state index is 0.0463. The molecule has 1 heterocycles. The van der Waals surface area contributed by atoms with Crippen LogP contribution in [0.4, 0.5) is 5.82 Å². The number of aromatic nitrogens is 2. The fourth-order valence-electron chi connectivity index (χ4n) is 1.10. The molecule has 0 aliphatic rings. The molecule has 1 unspecified atom stereocenters. The third-order valence-corrected chi connectivity index (χ3v) is 2.06. The van der Waals surface area contributed by atoms with Crippen molar-refractivity contribution >= 4 is 11.7 Å². The van der Waals surface area contributed by atoms with E-state index >= 15 is 0 Å². The van der Waals surface area contributed by atoms with Crippen LogP contribution in [0, 0.1) is 6.92 Å². The lowest BCUT2D eigenvalue weighted by Gasteiger charge is -2.09. The highest BCUT2D eigenvalue weighted by molar-refractivity contribution is 5.90. The molecule has 15 heavy (non-hydrogen) atoms. The molecule has 0 saturated heterocycles. The van der Waals surface area contributed by atoms with Gasteiger partial charge in [-0.15, -0.1) is 0 Å². The Morgan fingerprint density at radius 3 is 2.87 bits per heavy atom. The first kappa shape index (κ1) is 11.6. The maximum atomic E-state index is 11.5. The molecule has 1 rings (SSSR count). The zero-order valence-corrected chi connectivity index (χ0v) is 9.24. The van der Waals surface area contributed by atoms with E-state index in [1.54, 1.807) is 6.07 Å². The van der Waals surface area contributed by atoms with E-state index in [9.17, 15) is 4.79 Å². The van der Waals surface area contributed by atoms with E-state index in [0.29, 0.717) is 12.2 Å². The first-order valence-electron chi connectivity index (χ1n) is 4.87. The molecule has 1 aromatic heterocycles. The van der Waals surface area contributed by atoms with Crippen LogP contribution in [0.25, 0.3) is 0 Å². The van der Waals surface area contributed by atoms with Crippen molar-refractivity contribution in [1.82, 2.24) is 15.3 Å². The molecule has 0 spiro atoms. The molecule has 0 aliphatic heterocycles. The van der Waals surface area contributed by atoms with Crippen LogP contribution in [0.15, 0.2) is 12.4 Å². The average Bonchev–Trinajstić information content (AvgIpc) is 2.17. The van der Waals surface area contributed by atoms with E-state index in [1.165, 1.54) is 6.33 Å². The SMILES string of the molecule is CNC(C)CC(=O)Nc1cc(C)ncn1. The van der Waals surface area contributed by atoms with Gasteiger partial charge in [0.05, 0.1) is 0 Å². The highest BCUT2D eigenvalue weighted by atomic mass is 16.1. The molecule has 0 bridgehead atoms. The molecule has 0 saturated carbocycles. The maximum absolute atomic E-state index is 11.5. The van der Waals surface area contributed by atoms with Crippen molar-refractivity contribution in [3.63, 3.8) is 0 Å². The van der Waals surface area contributed by atoms with Gasteiger partial charge < -0.3 is 10.6 Å². The number of rotatable bonds is 4. The van der Waals surface area contributed by atoms with Crippen LogP contribution < -0.4 is 10.6 Å². The Hall–Kier alpha value is -1.49. The lowest BCUT2D eigenvalue weighted by molar-refractivity contribution is -0.116. The van der Waals surface area contributed by atoms with Crippen molar-refractivity contribution in [2.24, 2.45) is 0 Å². The summed E-state index contributed by atoms with van der Waals surface area (Å²) in [4.78, 5) is 19.4. The second kappa shape index (κ2) is 5.41. The molecular weight excluding hydrogens is 192 g/mol. The summed E-state index contributed by atoms with van der Waals surface area (Å²) in [5.41, 5.74) is 0.835. The van der Waals surface area contributed by atoms with Crippen LogP contribution in [0.5, 0.6) is 0 Å². The third-order valence-electron chi connectivity index (χ3n) is 2.06. The quantitative estimate of drug-likeness (QED) is 0.765. The summed E-state index contributed by atoms with van der Waals surface area (Å²) in [6.07, 6.45) is 1.87. The monoisotopic (exact) mass is 208 g/mol. The molecule has 0 aromatic carbocycles. The van der Waals surface area contributed by atoms with Crippen molar-refractivity contribution in [2.45, 2.75) is 26.3 Å². The van der Waals surface area contributed by atoms with Crippen LogP contribution >= 0.6 is 0 Å². The number of amides is 1. The number of carbonyl (C=O) groups is 1. The minimum Gasteiger partial charge on any atom is -0.317 e. The predicted molar refractivity (Wildman–Crippen MR) is 58.5 cm³/mol. The van der Waals surface area contributed by atoms with Gasteiger partial charge in [0.1, 0.15) is 12.1 Å². The number of anilines is 1. The molecule has 1 atom stereocenters. The minimum atomic E-state index is -0.0463. The van der Waals surface area contributed by atoms with E-state index in [1.807, 2.05) is 20.9 Å². The van der Waals surface area contributed by atoms with Gasteiger partial charge in [0.25, 0.3) is 0 Å². The van der Waals surface area contributed by atoms with Gasteiger partial charge in [-0.25, -0.2) is 9.97 Å². The Labute approximate surface area is 89.3 Å². The Morgan fingerprint density at radius 2 is 2.27 bits per heavy atom. The molecule has 0 fully saturated rings. The Bertz CT molecular complexity index is 340. The lowest BCUT2D eigenvalue weighted by Crippen LogP contribution is -2.27. The Morgan fingerprint density at radius 1 is 1.53 bits per heavy atom. The average molecular weight is 208 g/mol. The van der Waals surface area contributed by atoms with Crippen LogP contribution in [-0.4, -0.2) is 29.0 Å². The molecule has 1 amide bonds. The summed E-state index contributed by atoms with van der Waals surface area (Å²) < 4.78 is 0. The largest absolute Gasteiger partial charge is 0.317 e. The molecule has 5 nitrogen and oxygen atoms in total. The molecular formula is C10H16N4O. The molecule has 0 aliphatic carbocycles. The van der Waals surface area contributed by atoms with Crippen LogP contribution in [0.3, 0.4) is 0 Å². The molecule has 0 radical (unpaired) electrons. The summed E-state index contributed by atoms with van der Waals surface area (Å²) in [7, 11) is 1.83. The van der Waals surface area contributed by atoms with Crippen molar-refractivity contribution in [1.29, 1.82) is 0 Å². The summed E-state index contributed by atoms with van der Waals surface area (Å²) in [5, 5.41) is 5.72. The van der Waals surface area contributed by atoms with Gasteiger partial charge in [-0.3, -0.25) is 4.79 Å². The number of nitrogens with one attached hydrogen (secondary N) is 2. The standard InChI is InChI=1S/C10H16N4O/c1-7(11-3)5-10(15)14-9-4-8(2)12-6-13-9/h4,6-7,11H,5H2,1-3H3,(H,12,13,14,15). The highest BCUT2D eigenvalue weighted by Gasteiger charge is 2.07. The second-order valence-electron chi connectivity index (χ2n) is 3.49. The molecule has 82 valence electrons. The van der Waals surface area contributed by atoms with E-state index < -0.39 is 0 Å². The third kappa shape index (κ3) is 4.03. The predicted octanol–water partition coefficient (Wildman–Crippen LogP) is 0.722. The Balaban J connectivity index is 2.51. The van der Waals surface area contributed by atoms with Crippen molar-refractivity contribution in [2.75, 3.05) is 12.4 Å². The highest BCUT2D eigenvalue weighted by Crippen LogP contribution is 2.03. The van der Waals surface area contributed by atoms with E-state index in [-0.39, 0.29) is 11.9 Å². The van der Waals surface area contributed by atoms with Gasteiger partial charge in [0.2, 0.25) is 5.91 Å². The summed E-state index contributed by atoms with van der Waals surface area (Å²) in [5.74, 6) is 0.505. The first-order chi connectivity index (χ1) is 7.11.